The Kier molecular flexibility index (Phi) is 6.02. The average molecular weight is 293 g/mol. The van der Waals surface area contributed by atoms with Gasteiger partial charge in [-0.3, -0.25) is 4.90 Å². The Morgan fingerprint density at radius 2 is 2.00 bits per heavy atom. The highest BCUT2D eigenvalue weighted by molar-refractivity contribution is 5.89. The van der Waals surface area contributed by atoms with Gasteiger partial charge in [0.05, 0.1) is 32.0 Å². The van der Waals surface area contributed by atoms with Crippen LogP contribution in [0.15, 0.2) is 18.2 Å². The smallest absolute Gasteiger partial charge is 0.338 e. The molecular weight excluding hydrogens is 270 g/mol. The molecule has 1 aliphatic rings. The van der Waals surface area contributed by atoms with Gasteiger partial charge >= 0.3 is 5.97 Å². The fraction of sp³-hybridized carbons (Fsp3) is 0.562. The lowest BCUT2D eigenvalue weighted by Gasteiger charge is -2.27. The Hall–Kier alpha value is -1.59. The van der Waals surface area contributed by atoms with Crippen LogP contribution >= 0.6 is 0 Å². The molecule has 1 heterocycles. The molecule has 21 heavy (non-hydrogen) atoms. The summed E-state index contributed by atoms with van der Waals surface area (Å²) in [5.74, 6) is 0.542. The van der Waals surface area contributed by atoms with E-state index in [2.05, 4.69) is 4.90 Å². The van der Waals surface area contributed by atoms with Gasteiger partial charge in [-0.05, 0) is 32.0 Å². The van der Waals surface area contributed by atoms with Crippen molar-refractivity contribution >= 4 is 5.97 Å². The number of morpholine rings is 1. The molecule has 1 aromatic carbocycles. The fourth-order valence-corrected chi connectivity index (χ4v) is 2.34. The summed E-state index contributed by atoms with van der Waals surface area (Å²) in [5.41, 5.74) is 1.59. The Balaban J connectivity index is 2.17. The normalized spacial score (nSPS) is 15.7. The van der Waals surface area contributed by atoms with E-state index in [4.69, 9.17) is 14.2 Å². The molecule has 0 saturated carbocycles. The molecule has 0 bridgehead atoms. The lowest BCUT2D eigenvalue weighted by molar-refractivity contribution is 0.0337. The second-order valence-electron chi connectivity index (χ2n) is 4.86. The van der Waals surface area contributed by atoms with Crippen molar-refractivity contribution in [2.75, 3.05) is 39.5 Å². The van der Waals surface area contributed by atoms with Gasteiger partial charge in [-0.15, -0.1) is 0 Å². The van der Waals surface area contributed by atoms with E-state index in [1.165, 1.54) is 0 Å². The first-order valence-corrected chi connectivity index (χ1v) is 7.47. The number of benzene rings is 1. The Morgan fingerprint density at radius 1 is 1.24 bits per heavy atom. The van der Waals surface area contributed by atoms with Crippen LogP contribution in [0, 0.1) is 0 Å². The van der Waals surface area contributed by atoms with Gasteiger partial charge < -0.3 is 14.2 Å². The first kappa shape index (κ1) is 15.8. The van der Waals surface area contributed by atoms with Crippen molar-refractivity contribution in [3.63, 3.8) is 0 Å². The van der Waals surface area contributed by atoms with Crippen LogP contribution in [-0.4, -0.2) is 50.4 Å². The van der Waals surface area contributed by atoms with Crippen LogP contribution in [0.5, 0.6) is 5.75 Å². The zero-order valence-corrected chi connectivity index (χ0v) is 12.8. The Bertz CT molecular complexity index is 469. The predicted molar refractivity (Wildman–Crippen MR) is 79.7 cm³/mol. The molecule has 0 radical (unpaired) electrons. The van der Waals surface area contributed by atoms with Crippen LogP contribution in [-0.2, 0) is 16.0 Å². The van der Waals surface area contributed by atoms with Crippen LogP contribution in [0.3, 0.4) is 0 Å². The van der Waals surface area contributed by atoms with E-state index in [1.807, 2.05) is 19.1 Å². The summed E-state index contributed by atoms with van der Waals surface area (Å²) in [6.45, 7) is 8.80. The molecule has 5 nitrogen and oxygen atoms in total. The fourth-order valence-electron chi connectivity index (χ4n) is 2.34. The van der Waals surface area contributed by atoms with Crippen LogP contribution in [0.25, 0.3) is 0 Å². The Labute approximate surface area is 125 Å². The molecule has 1 aliphatic heterocycles. The third kappa shape index (κ3) is 4.44. The largest absolute Gasteiger partial charge is 0.494 e. The minimum absolute atomic E-state index is 0.288. The molecular formula is C16H23NO4. The van der Waals surface area contributed by atoms with Crippen LogP contribution in [0.2, 0.25) is 0 Å². The number of rotatable bonds is 6. The van der Waals surface area contributed by atoms with E-state index in [-0.39, 0.29) is 5.97 Å². The monoisotopic (exact) mass is 293 g/mol. The van der Waals surface area contributed by atoms with E-state index in [9.17, 15) is 4.79 Å². The SMILES string of the molecule is CCOC(=O)c1ccc(OCC)c(CN2CCOCC2)c1. The maximum Gasteiger partial charge on any atom is 0.338 e. The number of esters is 1. The molecule has 2 rings (SSSR count). The maximum atomic E-state index is 11.9. The predicted octanol–water partition coefficient (Wildman–Crippen LogP) is 2.09. The minimum Gasteiger partial charge on any atom is -0.494 e. The highest BCUT2D eigenvalue weighted by atomic mass is 16.5. The van der Waals surface area contributed by atoms with Gasteiger partial charge in [0.1, 0.15) is 5.75 Å². The molecule has 1 aromatic rings. The van der Waals surface area contributed by atoms with E-state index in [0.29, 0.717) is 18.8 Å². The summed E-state index contributed by atoms with van der Waals surface area (Å²) in [6.07, 6.45) is 0. The van der Waals surface area contributed by atoms with E-state index < -0.39 is 0 Å². The standard InChI is InChI=1S/C16H23NO4/c1-3-20-15-6-5-13(16(18)21-4-2)11-14(15)12-17-7-9-19-10-8-17/h5-6,11H,3-4,7-10,12H2,1-2H3. The van der Waals surface area contributed by atoms with Crippen LogP contribution in [0.4, 0.5) is 0 Å². The summed E-state index contributed by atoms with van der Waals surface area (Å²) in [5, 5.41) is 0. The molecule has 116 valence electrons. The van der Waals surface area contributed by atoms with Gasteiger partial charge in [0.25, 0.3) is 0 Å². The number of nitrogens with zero attached hydrogens (tertiary/aromatic N) is 1. The van der Waals surface area contributed by atoms with Crippen molar-refractivity contribution in [2.24, 2.45) is 0 Å². The molecule has 5 heteroatoms. The summed E-state index contributed by atoms with van der Waals surface area (Å²) in [7, 11) is 0. The third-order valence-electron chi connectivity index (χ3n) is 3.37. The molecule has 0 aromatic heterocycles. The van der Waals surface area contributed by atoms with Crippen molar-refractivity contribution in [1.29, 1.82) is 0 Å². The van der Waals surface area contributed by atoms with E-state index in [0.717, 1.165) is 44.2 Å². The molecule has 0 unspecified atom stereocenters. The van der Waals surface area contributed by atoms with Gasteiger partial charge in [-0.2, -0.15) is 0 Å². The molecule has 0 N–H and O–H groups in total. The first-order chi connectivity index (χ1) is 10.2. The zero-order valence-electron chi connectivity index (χ0n) is 12.8. The second kappa shape index (κ2) is 8.00. The zero-order chi connectivity index (χ0) is 15.1. The minimum atomic E-state index is -0.288. The molecule has 0 spiro atoms. The highest BCUT2D eigenvalue weighted by Crippen LogP contribution is 2.23. The quantitative estimate of drug-likeness (QED) is 0.752. The number of carbonyl (C=O) groups is 1. The van der Waals surface area contributed by atoms with E-state index in [1.54, 1.807) is 13.0 Å². The van der Waals surface area contributed by atoms with Crippen molar-refractivity contribution in [1.82, 2.24) is 4.90 Å². The van der Waals surface area contributed by atoms with Crippen molar-refractivity contribution < 1.29 is 19.0 Å². The first-order valence-electron chi connectivity index (χ1n) is 7.47. The number of hydrogen-bond donors (Lipinski definition) is 0. The lowest BCUT2D eigenvalue weighted by Crippen LogP contribution is -2.35. The number of hydrogen-bond acceptors (Lipinski definition) is 5. The summed E-state index contributed by atoms with van der Waals surface area (Å²) in [6, 6.07) is 5.48. The van der Waals surface area contributed by atoms with E-state index >= 15 is 0 Å². The van der Waals surface area contributed by atoms with Gasteiger partial charge in [0.15, 0.2) is 0 Å². The third-order valence-corrected chi connectivity index (χ3v) is 3.37. The number of ether oxygens (including phenoxy) is 3. The summed E-state index contributed by atoms with van der Waals surface area (Å²) in [4.78, 5) is 14.2. The average Bonchev–Trinajstić information content (AvgIpc) is 2.50. The molecule has 0 atom stereocenters. The van der Waals surface area contributed by atoms with Gasteiger partial charge in [-0.1, -0.05) is 0 Å². The lowest BCUT2D eigenvalue weighted by atomic mass is 10.1. The van der Waals surface area contributed by atoms with Gasteiger partial charge in [0.2, 0.25) is 0 Å². The van der Waals surface area contributed by atoms with Crippen LogP contribution < -0.4 is 4.74 Å². The van der Waals surface area contributed by atoms with Crippen molar-refractivity contribution in [3.05, 3.63) is 29.3 Å². The van der Waals surface area contributed by atoms with Crippen LogP contribution in [0.1, 0.15) is 29.8 Å². The molecule has 0 amide bonds. The summed E-state index contributed by atoms with van der Waals surface area (Å²) < 4.78 is 16.1. The molecule has 1 fully saturated rings. The maximum absolute atomic E-state index is 11.9. The molecule has 0 aliphatic carbocycles. The molecule has 1 saturated heterocycles. The highest BCUT2D eigenvalue weighted by Gasteiger charge is 2.16. The Morgan fingerprint density at radius 3 is 2.67 bits per heavy atom. The summed E-state index contributed by atoms with van der Waals surface area (Å²) >= 11 is 0. The topological polar surface area (TPSA) is 48.0 Å². The van der Waals surface area contributed by atoms with Gasteiger partial charge in [-0.25, -0.2) is 4.79 Å². The second-order valence-corrected chi connectivity index (χ2v) is 4.86. The number of carbonyl (C=O) groups excluding carboxylic acids is 1. The van der Waals surface area contributed by atoms with Crippen molar-refractivity contribution in [3.8, 4) is 5.75 Å². The van der Waals surface area contributed by atoms with Gasteiger partial charge in [0, 0.05) is 25.2 Å². The van der Waals surface area contributed by atoms with Crippen molar-refractivity contribution in [2.45, 2.75) is 20.4 Å².